The average molecular weight is 546 g/mol. The minimum atomic E-state index is -0.321. The number of nitrogens with two attached hydrogens (primary N) is 1. The SMILES string of the molecule is CC(=O)N1CCC(c2cn([C@H]3C[C@H](O)C4(C3)C[C@H]4NCCCNCCc3ccccc3)c3ncnc(N)c23)CC1. The lowest BCUT2D eigenvalue weighted by atomic mass is 9.89. The van der Waals surface area contributed by atoms with Crippen LogP contribution in [-0.2, 0) is 11.2 Å². The van der Waals surface area contributed by atoms with Crippen molar-refractivity contribution >= 4 is 22.8 Å². The van der Waals surface area contributed by atoms with Gasteiger partial charge in [-0.25, -0.2) is 9.97 Å². The molecule has 3 fully saturated rings. The first kappa shape index (κ1) is 27.2. The van der Waals surface area contributed by atoms with E-state index < -0.39 is 0 Å². The molecule has 1 aromatic carbocycles. The molecule has 2 saturated carbocycles. The van der Waals surface area contributed by atoms with Crippen LogP contribution in [0.3, 0.4) is 0 Å². The summed E-state index contributed by atoms with van der Waals surface area (Å²) in [6, 6.07) is 11.1. The Morgan fingerprint density at radius 3 is 2.70 bits per heavy atom. The van der Waals surface area contributed by atoms with E-state index in [0.717, 1.165) is 88.7 Å². The first-order valence-electron chi connectivity index (χ1n) is 15.0. The van der Waals surface area contributed by atoms with Crippen molar-refractivity contribution in [3.8, 4) is 0 Å². The van der Waals surface area contributed by atoms with E-state index in [1.165, 1.54) is 11.1 Å². The predicted octanol–water partition coefficient (Wildman–Crippen LogP) is 3.01. The number of carbonyl (C=O) groups excluding carboxylic acids is 1. The topological polar surface area (TPSA) is 121 Å². The molecule has 2 aromatic heterocycles. The molecule has 0 bridgehead atoms. The van der Waals surface area contributed by atoms with Gasteiger partial charge in [0.25, 0.3) is 0 Å². The molecule has 1 aliphatic heterocycles. The number of nitrogen functional groups attached to an aromatic ring is 1. The summed E-state index contributed by atoms with van der Waals surface area (Å²) in [5.74, 6) is 0.981. The van der Waals surface area contributed by atoms with E-state index in [9.17, 15) is 9.90 Å². The molecular weight excluding hydrogens is 502 g/mol. The Hall–Kier alpha value is -3.01. The highest BCUT2D eigenvalue weighted by Crippen LogP contribution is 2.61. The molecule has 40 heavy (non-hydrogen) atoms. The fourth-order valence-corrected chi connectivity index (χ4v) is 7.28. The van der Waals surface area contributed by atoms with Gasteiger partial charge in [0.2, 0.25) is 5.91 Å². The van der Waals surface area contributed by atoms with Crippen molar-refractivity contribution in [3.05, 3.63) is 54.0 Å². The monoisotopic (exact) mass is 545 g/mol. The van der Waals surface area contributed by atoms with Gasteiger partial charge in [0, 0.05) is 43.7 Å². The number of anilines is 1. The summed E-state index contributed by atoms with van der Waals surface area (Å²) in [5, 5.41) is 19.4. The lowest BCUT2D eigenvalue weighted by Crippen LogP contribution is -2.36. The Morgan fingerprint density at radius 2 is 1.93 bits per heavy atom. The van der Waals surface area contributed by atoms with Gasteiger partial charge in [-0.05, 0) is 81.6 Å². The van der Waals surface area contributed by atoms with E-state index >= 15 is 0 Å². The van der Waals surface area contributed by atoms with E-state index in [1.54, 1.807) is 13.3 Å². The fraction of sp³-hybridized carbons (Fsp3) is 0.581. The Bertz CT molecular complexity index is 1320. The van der Waals surface area contributed by atoms with Gasteiger partial charge in [0.05, 0.1) is 11.5 Å². The molecule has 1 spiro atoms. The maximum absolute atomic E-state index is 11.8. The number of amides is 1. The van der Waals surface area contributed by atoms with Crippen LogP contribution in [0.2, 0.25) is 0 Å². The maximum atomic E-state index is 11.8. The second-order valence-corrected chi connectivity index (χ2v) is 12.1. The molecule has 5 N–H and O–H groups in total. The van der Waals surface area contributed by atoms with E-state index in [2.05, 4.69) is 61.7 Å². The van der Waals surface area contributed by atoms with E-state index in [0.29, 0.717) is 17.8 Å². The van der Waals surface area contributed by atoms with Gasteiger partial charge in [-0.3, -0.25) is 4.79 Å². The molecule has 9 nitrogen and oxygen atoms in total. The number of nitrogens with one attached hydrogen (secondary N) is 2. The number of aromatic nitrogens is 3. The summed E-state index contributed by atoms with van der Waals surface area (Å²) in [4.78, 5) is 22.7. The second-order valence-electron chi connectivity index (χ2n) is 12.1. The minimum absolute atomic E-state index is 0.0481. The normalized spacial score (nSPS) is 26.6. The van der Waals surface area contributed by atoms with Gasteiger partial charge in [-0.1, -0.05) is 30.3 Å². The molecule has 3 aromatic rings. The summed E-state index contributed by atoms with van der Waals surface area (Å²) in [7, 11) is 0. The number of fused-ring (bicyclic) bond motifs is 1. The molecular formula is C31H43N7O2. The Kier molecular flexibility index (Phi) is 7.79. The highest BCUT2D eigenvalue weighted by Gasteiger charge is 2.63. The van der Waals surface area contributed by atoms with Crippen molar-refractivity contribution in [2.24, 2.45) is 5.41 Å². The summed E-state index contributed by atoms with van der Waals surface area (Å²) in [6.45, 7) is 6.12. The Morgan fingerprint density at radius 1 is 1.12 bits per heavy atom. The van der Waals surface area contributed by atoms with Crippen LogP contribution in [0.4, 0.5) is 5.82 Å². The van der Waals surface area contributed by atoms with Crippen LogP contribution >= 0.6 is 0 Å². The third-order valence-electron chi connectivity index (χ3n) is 9.69. The molecule has 3 heterocycles. The summed E-state index contributed by atoms with van der Waals surface area (Å²) < 4.78 is 2.27. The minimum Gasteiger partial charge on any atom is -0.392 e. The Balaban J connectivity index is 1.05. The first-order valence-corrected chi connectivity index (χ1v) is 15.0. The summed E-state index contributed by atoms with van der Waals surface area (Å²) in [6.07, 6.45) is 10.1. The molecule has 4 atom stereocenters. The van der Waals surface area contributed by atoms with Crippen LogP contribution in [0.15, 0.2) is 42.9 Å². The highest BCUT2D eigenvalue weighted by atomic mass is 16.3. The number of nitrogens with zero attached hydrogens (tertiary/aromatic N) is 4. The smallest absolute Gasteiger partial charge is 0.219 e. The van der Waals surface area contributed by atoms with Crippen molar-refractivity contribution in [2.75, 3.05) is 38.5 Å². The number of benzene rings is 1. The molecule has 1 unspecified atom stereocenters. The molecule has 1 amide bonds. The molecule has 9 heteroatoms. The van der Waals surface area contributed by atoms with Gasteiger partial charge in [0.1, 0.15) is 17.8 Å². The maximum Gasteiger partial charge on any atom is 0.219 e. The molecule has 214 valence electrons. The van der Waals surface area contributed by atoms with Crippen LogP contribution in [-0.4, -0.2) is 75.3 Å². The van der Waals surface area contributed by atoms with Crippen LogP contribution in [0.1, 0.15) is 68.5 Å². The van der Waals surface area contributed by atoms with Crippen LogP contribution in [0.25, 0.3) is 11.0 Å². The first-order chi connectivity index (χ1) is 19.5. The number of piperidine rings is 1. The number of aliphatic hydroxyl groups excluding tert-OH is 1. The number of hydrogen-bond donors (Lipinski definition) is 4. The van der Waals surface area contributed by atoms with Gasteiger partial charge in [0.15, 0.2) is 0 Å². The highest BCUT2D eigenvalue weighted by molar-refractivity contribution is 5.90. The fourth-order valence-electron chi connectivity index (χ4n) is 7.28. The molecule has 2 aliphatic carbocycles. The predicted molar refractivity (Wildman–Crippen MR) is 157 cm³/mol. The number of rotatable bonds is 10. The lowest BCUT2D eigenvalue weighted by Gasteiger charge is -2.31. The van der Waals surface area contributed by atoms with Crippen LogP contribution in [0.5, 0.6) is 0 Å². The molecule has 0 radical (unpaired) electrons. The van der Waals surface area contributed by atoms with Crippen molar-refractivity contribution in [2.45, 2.75) is 76.0 Å². The van der Waals surface area contributed by atoms with Crippen molar-refractivity contribution in [3.63, 3.8) is 0 Å². The quantitative estimate of drug-likeness (QED) is 0.289. The number of hydrogen-bond acceptors (Lipinski definition) is 7. The van der Waals surface area contributed by atoms with E-state index in [4.69, 9.17) is 5.73 Å². The van der Waals surface area contributed by atoms with Gasteiger partial charge < -0.3 is 30.9 Å². The van der Waals surface area contributed by atoms with Crippen molar-refractivity contribution < 1.29 is 9.90 Å². The Labute approximate surface area is 236 Å². The third-order valence-corrected chi connectivity index (χ3v) is 9.69. The summed E-state index contributed by atoms with van der Waals surface area (Å²) in [5.41, 5.74) is 9.79. The lowest BCUT2D eigenvalue weighted by molar-refractivity contribution is -0.129. The van der Waals surface area contributed by atoms with Gasteiger partial charge in [-0.2, -0.15) is 0 Å². The van der Waals surface area contributed by atoms with E-state index in [-0.39, 0.29) is 23.5 Å². The zero-order chi connectivity index (χ0) is 27.7. The molecule has 3 aliphatic rings. The third kappa shape index (κ3) is 5.34. The summed E-state index contributed by atoms with van der Waals surface area (Å²) >= 11 is 0. The average Bonchev–Trinajstić information content (AvgIpc) is 3.35. The van der Waals surface area contributed by atoms with Crippen LogP contribution in [0, 0.1) is 5.41 Å². The molecule has 6 rings (SSSR count). The van der Waals surface area contributed by atoms with Crippen molar-refractivity contribution in [1.29, 1.82) is 0 Å². The standard InChI is InChI=1S/C31H43N7O2/c1-21(39)37-14-9-23(10-15-37)25-19-38(30-28(25)29(32)35-20-36-30)24-16-27(40)31(17-24)18-26(31)34-12-5-11-33-13-8-22-6-3-2-4-7-22/h2-4,6-7,19-20,23-24,26-27,33-34,40H,5,8-18H2,1H3,(H2,32,35,36)/t24-,26+,27-,31?/m0/s1. The number of carbonyl (C=O) groups is 1. The molecule has 1 saturated heterocycles. The van der Waals surface area contributed by atoms with E-state index in [1.807, 2.05) is 4.90 Å². The zero-order valence-electron chi connectivity index (χ0n) is 23.6. The van der Waals surface area contributed by atoms with Crippen molar-refractivity contribution in [1.82, 2.24) is 30.1 Å². The zero-order valence-corrected chi connectivity index (χ0v) is 23.6. The largest absolute Gasteiger partial charge is 0.392 e. The van der Waals surface area contributed by atoms with Gasteiger partial charge in [-0.15, -0.1) is 0 Å². The van der Waals surface area contributed by atoms with Crippen LogP contribution < -0.4 is 16.4 Å². The number of likely N-dealkylation sites (tertiary alicyclic amines) is 1. The number of aliphatic hydroxyl groups is 1. The second kappa shape index (κ2) is 11.5. The van der Waals surface area contributed by atoms with Gasteiger partial charge >= 0.3 is 0 Å².